The molecule has 1 aromatic carbocycles. The van der Waals surface area contributed by atoms with Crippen molar-refractivity contribution in [1.82, 2.24) is 0 Å². The lowest BCUT2D eigenvalue weighted by Crippen LogP contribution is -2.42. The molecular weight excluding hydrogens is 407 g/mol. The lowest BCUT2D eigenvalue weighted by atomic mass is 10.0. The van der Waals surface area contributed by atoms with Crippen LogP contribution in [-0.2, 0) is 40.2 Å². The van der Waals surface area contributed by atoms with Crippen molar-refractivity contribution in [3.63, 3.8) is 0 Å². The highest BCUT2D eigenvalue weighted by Gasteiger charge is 2.39. The average molecular weight is 445 g/mol. The van der Waals surface area contributed by atoms with Crippen molar-refractivity contribution in [2.75, 3.05) is 13.7 Å². The van der Waals surface area contributed by atoms with Crippen LogP contribution >= 0.6 is 7.60 Å². The van der Waals surface area contributed by atoms with Gasteiger partial charge in [-0.1, -0.05) is 45.9 Å². The fraction of sp³-hybridized carbons (Fsp3) is 0.667. The molecule has 6 nitrogen and oxygen atoms in total. The van der Waals surface area contributed by atoms with Crippen LogP contribution in [0.5, 0.6) is 0 Å². The summed E-state index contributed by atoms with van der Waals surface area (Å²) < 4.78 is 35.4. The molecule has 0 heterocycles. The lowest BCUT2D eigenvalue weighted by molar-refractivity contribution is -0.132. The van der Waals surface area contributed by atoms with Gasteiger partial charge in [0.15, 0.2) is 14.6 Å². The van der Waals surface area contributed by atoms with E-state index < -0.39 is 28.2 Å². The van der Waals surface area contributed by atoms with Crippen LogP contribution in [-0.4, -0.2) is 28.0 Å². The molecule has 0 saturated carbocycles. The summed E-state index contributed by atoms with van der Waals surface area (Å²) in [4.78, 5) is 11.4. The minimum atomic E-state index is -3.54. The van der Waals surface area contributed by atoms with Gasteiger partial charge in [-0.15, -0.1) is 0 Å². The Bertz CT molecular complexity index is 741. The van der Waals surface area contributed by atoms with Gasteiger partial charge in [0.2, 0.25) is 0 Å². The van der Waals surface area contributed by atoms with Gasteiger partial charge >= 0.3 is 13.6 Å². The summed E-state index contributed by atoms with van der Waals surface area (Å²) >= 11 is 0. The fourth-order valence-electron chi connectivity index (χ4n) is 2.68. The van der Waals surface area contributed by atoms with E-state index in [2.05, 4.69) is 33.9 Å². The van der Waals surface area contributed by atoms with E-state index in [-0.39, 0.29) is 17.8 Å². The minimum Gasteiger partial charge on any atom is -0.392 e. The van der Waals surface area contributed by atoms with Crippen LogP contribution in [0.25, 0.3) is 0 Å². The number of carbonyl (C=O) groups is 1. The smallest absolute Gasteiger partial charge is 0.385 e. The Kier molecular flexibility index (Phi) is 9.31. The summed E-state index contributed by atoms with van der Waals surface area (Å²) in [6.07, 6.45) is 0.304. The Balaban J connectivity index is 3.20. The minimum absolute atomic E-state index is 0.0462. The molecule has 1 rings (SSSR count). The molecule has 29 heavy (non-hydrogen) atoms. The number of ether oxygens (including phenoxy) is 1. The fourth-order valence-corrected chi connectivity index (χ4v) is 5.52. The van der Waals surface area contributed by atoms with Gasteiger partial charge in [-0.3, -0.25) is 9.32 Å². The average Bonchev–Trinajstić information content (AvgIpc) is 2.58. The second-order valence-electron chi connectivity index (χ2n) is 8.60. The van der Waals surface area contributed by atoms with Crippen LogP contribution in [0.4, 0.5) is 0 Å². The monoisotopic (exact) mass is 444 g/mol. The molecule has 0 N–H and O–H groups in total. The number of aryl methyl sites for hydroxylation is 1. The molecule has 0 aromatic heterocycles. The normalized spacial score (nSPS) is 15.6. The Labute approximate surface area is 176 Å². The number of benzene rings is 1. The zero-order chi connectivity index (χ0) is 22.5. The van der Waals surface area contributed by atoms with E-state index in [0.717, 1.165) is 23.1 Å². The van der Waals surface area contributed by atoms with E-state index in [1.165, 1.54) is 6.92 Å². The first-order chi connectivity index (χ1) is 13.3. The maximum Gasteiger partial charge on any atom is 0.385 e. The quantitative estimate of drug-likeness (QED) is 0.243. The van der Waals surface area contributed by atoms with Crippen LogP contribution in [0.15, 0.2) is 18.2 Å². The molecule has 0 spiro atoms. The third-order valence-electron chi connectivity index (χ3n) is 5.26. The molecule has 0 saturated heterocycles. The van der Waals surface area contributed by atoms with E-state index in [1.54, 1.807) is 14.0 Å². The largest absolute Gasteiger partial charge is 0.392 e. The molecule has 0 aliphatic rings. The first-order valence-electron chi connectivity index (χ1n) is 10.0. The van der Waals surface area contributed by atoms with Crippen LogP contribution in [0.3, 0.4) is 0 Å². The lowest BCUT2D eigenvalue weighted by Gasteiger charge is -2.38. The Hall–Kier alpha value is -0.983. The van der Waals surface area contributed by atoms with Crippen LogP contribution in [0.2, 0.25) is 18.1 Å². The molecule has 1 aromatic rings. The standard InChI is InChI=1S/C21H37O6PSi/c1-10-17-14-18(20(24-7)27-29(8,9)21(4,5)6)12-13-19(17)15-28(23,25-11-2)26-16(3)22/h12-14,20H,10-11,15H2,1-9H3. The molecule has 2 atom stereocenters. The number of rotatable bonds is 10. The van der Waals surface area contributed by atoms with Crippen molar-refractivity contribution < 1.29 is 27.6 Å². The number of methoxy groups -OCH3 is 1. The Morgan fingerprint density at radius 3 is 2.24 bits per heavy atom. The Morgan fingerprint density at radius 1 is 1.17 bits per heavy atom. The zero-order valence-electron chi connectivity index (χ0n) is 19.3. The molecule has 0 fully saturated rings. The predicted molar refractivity (Wildman–Crippen MR) is 119 cm³/mol. The van der Waals surface area contributed by atoms with Crippen LogP contribution in [0.1, 0.15) is 64.5 Å². The maximum absolute atomic E-state index is 12.9. The van der Waals surface area contributed by atoms with Crippen molar-refractivity contribution >= 4 is 21.9 Å². The topological polar surface area (TPSA) is 71.1 Å². The van der Waals surface area contributed by atoms with Gasteiger partial charge in [0.25, 0.3) is 0 Å². The second kappa shape index (κ2) is 10.4. The van der Waals surface area contributed by atoms with Gasteiger partial charge in [0.1, 0.15) is 0 Å². The van der Waals surface area contributed by atoms with Crippen molar-refractivity contribution in [1.29, 1.82) is 0 Å². The van der Waals surface area contributed by atoms with Gasteiger partial charge in [0, 0.05) is 19.6 Å². The summed E-state index contributed by atoms with van der Waals surface area (Å²) in [5.41, 5.74) is 2.74. The van der Waals surface area contributed by atoms with Gasteiger partial charge in [0.05, 0.1) is 12.8 Å². The van der Waals surface area contributed by atoms with E-state index in [4.69, 9.17) is 18.2 Å². The summed E-state index contributed by atoms with van der Waals surface area (Å²) in [5.74, 6) is -0.612. The summed E-state index contributed by atoms with van der Waals surface area (Å²) in [6.45, 7) is 16.1. The third kappa shape index (κ3) is 7.33. The molecule has 0 radical (unpaired) electrons. The zero-order valence-corrected chi connectivity index (χ0v) is 21.2. The highest BCUT2D eigenvalue weighted by molar-refractivity contribution is 7.53. The van der Waals surface area contributed by atoms with E-state index >= 15 is 0 Å². The molecule has 8 heteroatoms. The number of hydrogen-bond acceptors (Lipinski definition) is 6. The van der Waals surface area contributed by atoms with Crippen LogP contribution < -0.4 is 0 Å². The van der Waals surface area contributed by atoms with Gasteiger partial charge in [-0.05, 0) is 42.6 Å². The van der Waals surface area contributed by atoms with Gasteiger partial charge in [-0.2, -0.15) is 0 Å². The summed E-state index contributed by atoms with van der Waals surface area (Å²) in [5, 5.41) is 0.0610. The SMILES string of the molecule is CCOP(=O)(Cc1ccc(C(OC)O[Si](C)(C)C(C)(C)C)cc1CC)OC(C)=O. The molecule has 0 aliphatic heterocycles. The van der Waals surface area contributed by atoms with Crippen molar-refractivity contribution in [2.45, 2.75) is 78.5 Å². The summed E-state index contributed by atoms with van der Waals surface area (Å²) in [6, 6.07) is 5.82. The molecule has 0 amide bonds. The van der Waals surface area contributed by atoms with Crippen LogP contribution in [0, 0.1) is 0 Å². The van der Waals surface area contributed by atoms with Gasteiger partial charge in [-0.25, -0.2) is 4.57 Å². The highest BCUT2D eigenvalue weighted by atomic mass is 31.2. The molecular formula is C21H37O6PSi. The summed E-state index contributed by atoms with van der Waals surface area (Å²) in [7, 11) is -3.93. The highest BCUT2D eigenvalue weighted by Crippen LogP contribution is 2.52. The van der Waals surface area contributed by atoms with Gasteiger partial charge < -0.3 is 13.7 Å². The number of carbonyl (C=O) groups excluding carboxylic acids is 1. The molecule has 0 bridgehead atoms. The maximum atomic E-state index is 12.9. The molecule has 166 valence electrons. The van der Waals surface area contributed by atoms with Crippen molar-refractivity contribution in [2.24, 2.45) is 0 Å². The van der Waals surface area contributed by atoms with E-state index in [9.17, 15) is 9.36 Å². The van der Waals surface area contributed by atoms with E-state index in [1.807, 2.05) is 25.1 Å². The molecule has 0 aliphatic carbocycles. The Morgan fingerprint density at radius 2 is 1.79 bits per heavy atom. The first-order valence-corrected chi connectivity index (χ1v) is 14.7. The number of hydrogen-bond donors (Lipinski definition) is 0. The second-order valence-corrected chi connectivity index (χ2v) is 15.3. The predicted octanol–water partition coefficient (Wildman–Crippen LogP) is 6.21. The molecule has 2 unspecified atom stereocenters. The van der Waals surface area contributed by atoms with E-state index in [0.29, 0.717) is 0 Å². The third-order valence-corrected chi connectivity index (χ3v) is 11.6. The van der Waals surface area contributed by atoms with Crippen molar-refractivity contribution in [3.05, 3.63) is 34.9 Å². The first kappa shape index (κ1) is 26.1. The van der Waals surface area contributed by atoms with Crippen molar-refractivity contribution in [3.8, 4) is 0 Å².